The average molecular weight is 390 g/mol. The van der Waals surface area contributed by atoms with E-state index in [1.54, 1.807) is 0 Å². The van der Waals surface area contributed by atoms with Crippen LogP contribution in [0.5, 0.6) is 11.5 Å². The molecule has 0 aliphatic carbocycles. The first-order valence-electron chi connectivity index (χ1n) is 7.85. The third kappa shape index (κ3) is 3.26. The Balaban J connectivity index is 1.83. The molecule has 0 saturated heterocycles. The molecular formula is C19H20BrNO3. The molecule has 0 radical (unpaired) electrons. The topological polar surface area (TPSA) is 47.6 Å². The van der Waals surface area contributed by atoms with Crippen molar-refractivity contribution in [2.75, 3.05) is 18.5 Å². The van der Waals surface area contributed by atoms with E-state index in [9.17, 15) is 4.79 Å². The molecule has 2 aromatic rings. The van der Waals surface area contributed by atoms with Crippen LogP contribution in [0.15, 0.2) is 40.9 Å². The van der Waals surface area contributed by atoms with Crippen LogP contribution in [0, 0.1) is 6.92 Å². The molecule has 1 aliphatic heterocycles. The Bertz CT molecular complexity index is 786. The molecule has 0 unspecified atom stereocenters. The number of nitrogens with one attached hydrogen (secondary N) is 1. The molecule has 1 amide bonds. The number of hydrogen-bond acceptors (Lipinski definition) is 3. The summed E-state index contributed by atoms with van der Waals surface area (Å²) in [7, 11) is 0. The number of ether oxygens (including phenoxy) is 2. The number of halogens is 1. The summed E-state index contributed by atoms with van der Waals surface area (Å²) in [5.41, 5.74) is 2.05. The first-order valence-corrected chi connectivity index (χ1v) is 8.65. The van der Waals surface area contributed by atoms with Crippen LogP contribution in [0.1, 0.15) is 25.0 Å². The number of benzene rings is 2. The first kappa shape index (κ1) is 16.8. The Labute approximate surface area is 150 Å². The van der Waals surface area contributed by atoms with E-state index in [4.69, 9.17) is 9.47 Å². The molecule has 0 atom stereocenters. The first-order chi connectivity index (χ1) is 11.4. The van der Waals surface area contributed by atoms with Gasteiger partial charge in [-0.2, -0.15) is 0 Å². The highest BCUT2D eigenvalue weighted by Crippen LogP contribution is 2.35. The highest BCUT2D eigenvalue weighted by atomic mass is 79.9. The lowest BCUT2D eigenvalue weighted by Gasteiger charge is -2.26. The summed E-state index contributed by atoms with van der Waals surface area (Å²) in [6.45, 7) is 6.88. The summed E-state index contributed by atoms with van der Waals surface area (Å²) in [6.07, 6.45) is 0. The van der Waals surface area contributed by atoms with E-state index in [1.165, 1.54) is 0 Å². The van der Waals surface area contributed by atoms with Gasteiger partial charge in [0.05, 0.1) is 5.41 Å². The molecule has 1 aliphatic rings. The maximum atomic E-state index is 12.8. The largest absolute Gasteiger partial charge is 0.486 e. The van der Waals surface area contributed by atoms with Crippen LogP contribution < -0.4 is 14.8 Å². The summed E-state index contributed by atoms with van der Waals surface area (Å²) in [6, 6.07) is 11.4. The number of carbonyl (C=O) groups excluding carboxylic acids is 1. The van der Waals surface area contributed by atoms with E-state index < -0.39 is 5.41 Å². The van der Waals surface area contributed by atoms with Crippen LogP contribution in [-0.4, -0.2) is 19.1 Å². The molecule has 3 rings (SSSR count). The van der Waals surface area contributed by atoms with Gasteiger partial charge in [-0.1, -0.05) is 22.0 Å². The minimum Gasteiger partial charge on any atom is -0.486 e. The van der Waals surface area contributed by atoms with Crippen LogP contribution >= 0.6 is 15.9 Å². The number of aryl methyl sites for hydroxylation is 1. The Morgan fingerprint density at radius 3 is 2.50 bits per heavy atom. The molecule has 0 saturated carbocycles. The van der Waals surface area contributed by atoms with Gasteiger partial charge < -0.3 is 14.8 Å². The Morgan fingerprint density at radius 2 is 1.79 bits per heavy atom. The highest BCUT2D eigenvalue weighted by molar-refractivity contribution is 9.10. The summed E-state index contributed by atoms with van der Waals surface area (Å²) < 4.78 is 12.2. The van der Waals surface area contributed by atoms with Gasteiger partial charge in [-0.15, -0.1) is 0 Å². The second-order valence-corrected chi connectivity index (χ2v) is 7.26. The van der Waals surface area contributed by atoms with Crippen LogP contribution in [0.4, 0.5) is 5.69 Å². The van der Waals surface area contributed by atoms with Crippen molar-refractivity contribution in [1.29, 1.82) is 0 Å². The normalized spacial score (nSPS) is 13.5. The van der Waals surface area contributed by atoms with E-state index in [-0.39, 0.29) is 5.91 Å². The summed E-state index contributed by atoms with van der Waals surface area (Å²) in [5.74, 6) is 1.35. The van der Waals surface area contributed by atoms with Gasteiger partial charge in [0.25, 0.3) is 0 Å². The second kappa shape index (κ2) is 6.48. The van der Waals surface area contributed by atoms with E-state index >= 15 is 0 Å². The van der Waals surface area contributed by atoms with Gasteiger partial charge in [-0.05, 0) is 62.2 Å². The van der Waals surface area contributed by atoms with Gasteiger partial charge in [0.15, 0.2) is 11.5 Å². The fourth-order valence-corrected chi connectivity index (χ4v) is 2.82. The third-order valence-electron chi connectivity index (χ3n) is 4.25. The minimum atomic E-state index is -0.698. The van der Waals surface area contributed by atoms with Gasteiger partial charge in [0.1, 0.15) is 13.2 Å². The molecule has 24 heavy (non-hydrogen) atoms. The summed E-state index contributed by atoms with van der Waals surface area (Å²) in [5, 5.41) is 3.00. The molecule has 1 N–H and O–H groups in total. The minimum absolute atomic E-state index is 0.0686. The quantitative estimate of drug-likeness (QED) is 0.843. The molecule has 4 nitrogen and oxygen atoms in total. The number of carbonyl (C=O) groups is 1. The lowest BCUT2D eigenvalue weighted by molar-refractivity contribution is -0.120. The van der Waals surface area contributed by atoms with Crippen molar-refractivity contribution in [1.82, 2.24) is 0 Å². The predicted octanol–water partition coefficient (Wildman–Crippen LogP) is 4.45. The van der Waals surface area contributed by atoms with Crippen molar-refractivity contribution in [3.05, 3.63) is 52.0 Å². The van der Waals surface area contributed by atoms with Crippen molar-refractivity contribution in [2.24, 2.45) is 0 Å². The van der Waals surface area contributed by atoms with Gasteiger partial charge in [-0.3, -0.25) is 4.79 Å². The average Bonchev–Trinajstić information content (AvgIpc) is 2.57. The SMILES string of the molecule is Cc1cc(NC(=O)C(C)(C)c2ccc3c(c2)OCCO3)ccc1Br. The summed E-state index contributed by atoms with van der Waals surface area (Å²) in [4.78, 5) is 12.8. The van der Waals surface area contributed by atoms with Gasteiger partial charge >= 0.3 is 0 Å². The number of anilines is 1. The van der Waals surface area contributed by atoms with Crippen molar-refractivity contribution in [3.63, 3.8) is 0 Å². The van der Waals surface area contributed by atoms with Crippen LogP contribution in [0.2, 0.25) is 0 Å². The summed E-state index contributed by atoms with van der Waals surface area (Å²) >= 11 is 3.47. The number of hydrogen-bond donors (Lipinski definition) is 1. The molecule has 5 heteroatoms. The fraction of sp³-hybridized carbons (Fsp3) is 0.316. The van der Waals surface area contributed by atoms with E-state index in [0.717, 1.165) is 27.0 Å². The molecule has 1 heterocycles. The van der Waals surface area contributed by atoms with Crippen LogP contribution in [0.25, 0.3) is 0 Å². The number of fused-ring (bicyclic) bond motifs is 1. The Hall–Kier alpha value is -2.01. The predicted molar refractivity (Wildman–Crippen MR) is 98.0 cm³/mol. The maximum absolute atomic E-state index is 12.8. The van der Waals surface area contributed by atoms with E-state index in [2.05, 4.69) is 21.2 Å². The molecule has 2 aromatic carbocycles. The molecule has 0 bridgehead atoms. The second-order valence-electron chi connectivity index (χ2n) is 6.40. The maximum Gasteiger partial charge on any atom is 0.234 e. The zero-order valence-corrected chi connectivity index (χ0v) is 15.6. The number of rotatable bonds is 3. The Morgan fingerprint density at radius 1 is 1.08 bits per heavy atom. The van der Waals surface area contributed by atoms with Gasteiger partial charge in [-0.25, -0.2) is 0 Å². The van der Waals surface area contributed by atoms with Crippen LogP contribution in [0.3, 0.4) is 0 Å². The highest BCUT2D eigenvalue weighted by Gasteiger charge is 2.31. The smallest absolute Gasteiger partial charge is 0.234 e. The lowest BCUT2D eigenvalue weighted by atomic mass is 9.83. The Kier molecular flexibility index (Phi) is 4.54. The van der Waals surface area contributed by atoms with Gasteiger partial charge in [0, 0.05) is 10.2 Å². The third-order valence-corrected chi connectivity index (χ3v) is 5.14. The standard InChI is InChI=1S/C19H20BrNO3/c1-12-10-14(5-6-15(12)20)21-18(22)19(2,3)13-4-7-16-17(11-13)24-9-8-23-16/h4-7,10-11H,8-9H2,1-3H3,(H,21,22). The number of amides is 1. The molecule has 0 spiro atoms. The molecule has 126 valence electrons. The van der Waals surface area contributed by atoms with Gasteiger partial charge in [0.2, 0.25) is 5.91 Å². The van der Waals surface area contributed by atoms with E-state index in [0.29, 0.717) is 19.0 Å². The lowest BCUT2D eigenvalue weighted by Crippen LogP contribution is -2.35. The van der Waals surface area contributed by atoms with Crippen molar-refractivity contribution >= 4 is 27.5 Å². The molecule has 0 aromatic heterocycles. The van der Waals surface area contributed by atoms with Crippen molar-refractivity contribution in [2.45, 2.75) is 26.2 Å². The molecular weight excluding hydrogens is 370 g/mol. The zero-order chi connectivity index (χ0) is 17.3. The van der Waals surface area contributed by atoms with Crippen molar-refractivity contribution < 1.29 is 14.3 Å². The fourth-order valence-electron chi connectivity index (χ4n) is 2.57. The van der Waals surface area contributed by atoms with Crippen molar-refractivity contribution in [3.8, 4) is 11.5 Å². The van der Waals surface area contributed by atoms with E-state index in [1.807, 2.05) is 57.2 Å². The zero-order valence-electron chi connectivity index (χ0n) is 14.0. The molecule has 0 fully saturated rings. The monoisotopic (exact) mass is 389 g/mol. The van der Waals surface area contributed by atoms with Crippen LogP contribution in [-0.2, 0) is 10.2 Å².